The van der Waals surface area contributed by atoms with E-state index in [0.717, 1.165) is 5.56 Å². The minimum atomic E-state index is -0.391. The summed E-state index contributed by atoms with van der Waals surface area (Å²) in [5.41, 5.74) is 1.67. The molecular formula is C19H17NO5S. The van der Waals surface area contributed by atoms with Gasteiger partial charge >= 0.3 is 0 Å². The summed E-state index contributed by atoms with van der Waals surface area (Å²) in [5.74, 6) is 1.16. The molecule has 0 saturated carbocycles. The van der Waals surface area contributed by atoms with Gasteiger partial charge in [-0.3, -0.25) is 10.1 Å². The Morgan fingerprint density at radius 2 is 1.77 bits per heavy atom. The molecular weight excluding hydrogens is 354 g/mol. The third-order valence-electron chi connectivity index (χ3n) is 3.65. The minimum absolute atomic E-state index is 0.0306. The van der Waals surface area contributed by atoms with Gasteiger partial charge < -0.3 is 18.9 Å². The van der Waals surface area contributed by atoms with E-state index < -0.39 is 5.91 Å². The zero-order valence-corrected chi connectivity index (χ0v) is 15.1. The molecule has 1 N–H and O–H groups in total. The van der Waals surface area contributed by atoms with E-state index in [4.69, 9.17) is 31.2 Å². The second-order valence-electron chi connectivity index (χ2n) is 5.38. The Balaban J connectivity index is 1.89. The monoisotopic (exact) mass is 371 g/mol. The number of ether oxygens (including phenoxy) is 4. The lowest BCUT2D eigenvalue weighted by Crippen LogP contribution is -2.18. The molecule has 2 aromatic rings. The number of nitrogens with one attached hydrogen (secondary N) is 1. The summed E-state index contributed by atoms with van der Waals surface area (Å²) >= 11 is 4.82. The van der Waals surface area contributed by atoms with Gasteiger partial charge in [0.1, 0.15) is 6.61 Å². The molecule has 1 aliphatic rings. The van der Waals surface area contributed by atoms with E-state index in [1.54, 1.807) is 18.2 Å². The maximum atomic E-state index is 11.7. The predicted molar refractivity (Wildman–Crippen MR) is 100 cm³/mol. The Kier molecular flexibility index (Phi) is 5.38. The highest BCUT2D eigenvalue weighted by atomic mass is 32.1. The summed E-state index contributed by atoms with van der Waals surface area (Å²) in [6.07, 6.45) is 1.56. The van der Waals surface area contributed by atoms with Crippen LogP contribution in [-0.4, -0.2) is 25.3 Å². The lowest BCUT2D eigenvalue weighted by Gasteiger charge is -2.15. The molecule has 1 heterocycles. The SMILES string of the molecule is COc1cc(/C=C2\OC(=S)NC2=O)cc(OC)c1OCc1ccccc1. The number of methoxy groups -OCH3 is 2. The molecule has 1 saturated heterocycles. The third kappa shape index (κ3) is 3.94. The van der Waals surface area contributed by atoms with Crippen molar-refractivity contribution >= 4 is 29.4 Å². The number of hydrogen-bond acceptors (Lipinski definition) is 6. The van der Waals surface area contributed by atoms with Crippen LogP contribution < -0.4 is 19.5 Å². The lowest BCUT2D eigenvalue weighted by molar-refractivity contribution is -0.116. The van der Waals surface area contributed by atoms with Crippen LogP contribution in [0, 0.1) is 0 Å². The molecule has 26 heavy (non-hydrogen) atoms. The fraction of sp³-hybridized carbons (Fsp3) is 0.158. The minimum Gasteiger partial charge on any atom is -0.493 e. The molecule has 2 aromatic carbocycles. The van der Waals surface area contributed by atoms with Crippen LogP contribution in [0.3, 0.4) is 0 Å². The highest BCUT2D eigenvalue weighted by Gasteiger charge is 2.23. The highest BCUT2D eigenvalue weighted by Crippen LogP contribution is 2.39. The van der Waals surface area contributed by atoms with Crippen LogP contribution in [0.15, 0.2) is 48.2 Å². The molecule has 0 radical (unpaired) electrons. The van der Waals surface area contributed by atoms with Gasteiger partial charge in [0, 0.05) is 0 Å². The van der Waals surface area contributed by atoms with Crippen molar-refractivity contribution in [2.24, 2.45) is 0 Å². The molecule has 0 bridgehead atoms. The smallest absolute Gasteiger partial charge is 0.294 e. The molecule has 3 rings (SSSR count). The van der Waals surface area contributed by atoms with Crippen LogP contribution in [0.1, 0.15) is 11.1 Å². The Morgan fingerprint density at radius 3 is 2.31 bits per heavy atom. The number of benzene rings is 2. The number of thiocarbonyl (C=S) groups is 1. The van der Waals surface area contributed by atoms with Gasteiger partial charge in [-0.25, -0.2) is 0 Å². The second-order valence-corrected chi connectivity index (χ2v) is 5.75. The van der Waals surface area contributed by atoms with Gasteiger partial charge in [-0.1, -0.05) is 30.3 Å². The Labute approximate surface area is 156 Å². The van der Waals surface area contributed by atoms with Gasteiger partial charge in [-0.2, -0.15) is 0 Å². The van der Waals surface area contributed by atoms with Crippen LogP contribution in [0.25, 0.3) is 6.08 Å². The second kappa shape index (κ2) is 7.88. The van der Waals surface area contributed by atoms with E-state index >= 15 is 0 Å². The van der Waals surface area contributed by atoms with Gasteiger partial charge in [0.15, 0.2) is 17.3 Å². The van der Waals surface area contributed by atoms with Gasteiger partial charge in [0.25, 0.3) is 11.1 Å². The summed E-state index contributed by atoms with van der Waals surface area (Å²) in [7, 11) is 3.07. The third-order valence-corrected chi connectivity index (χ3v) is 3.83. The first kappa shape index (κ1) is 17.8. The maximum absolute atomic E-state index is 11.7. The molecule has 6 nitrogen and oxygen atoms in total. The summed E-state index contributed by atoms with van der Waals surface area (Å²) in [6, 6.07) is 13.2. The zero-order valence-electron chi connectivity index (χ0n) is 14.3. The van der Waals surface area contributed by atoms with Crippen molar-refractivity contribution in [1.82, 2.24) is 5.32 Å². The van der Waals surface area contributed by atoms with Gasteiger partial charge in [-0.15, -0.1) is 0 Å². The van der Waals surface area contributed by atoms with Crippen molar-refractivity contribution in [3.05, 3.63) is 59.4 Å². The quantitative estimate of drug-likeness (QED) is 0.622. The van der Waals surface area contributed by atoms with E-state index in [-0.39, 0.29) is 10.9 Å². The number of amides is 1. The zero-order chi connectivity index (χ0) is 18.5. The predicted octanol–water partition coefficient (Wildman–Crippen LogP) is 3.06. The number of carbonyl (C=O) groups is 1. The summed E-state index contributed by atoms with van der Waals surface area (Å²) in [4.78, 5) is 11.7. The number of rotatable bonds is 6. The summed E-state index contributed by atoms with van der Waals surface area (Å²) < 4.78 is 21.9. The fourth-order valence-corrected chi connectivity index (χ4v) is 2.61. The normalized spacial score (nSPS) is 14.8. The molecule has 0 aromatic heterocycles. The Bertz CT molecular complexity index is 838. The van der Waals surface area contributed by atoms with Gasteiger partial charge in [0.05, 0.1) is 14.2 Å². The van der Waals surface area contributed by atoms with Crippen LogP contribution >= 0.6 is 12.2 Å². The maximum Gasteiger partial charge on any atom is 0.294 e. The summed E-state index contributed by atoms with van der Waals surface area (Å²) in [5, 5.41) is 2.44. The first-order chi connectivity index (χ1) is 12.6. The van der Waals surface area contributed by atoms with Crippen LogP contribution in [0.5, 0.6) is 17.2 Å². The lowest BCUT2D eigenvalue weighted by atomic mass is 10.1. The summed E-state index contributed by atoms with van der Waals surface area (Å²) in [6.45, 7) is 0.369. The first-order valence-electron chi connectivity index (χ1n) is 7.78. The van der Waals surface area contributed by atoms with Crippen molar-refractivity contribution in [2.75, 3.05) is 14.2 Å². The average Bonchev–Trinajstić information content (AvgIpc) is 2.97. The van der Waals surface area contributed by atoms with Crippen LogP contribution in [-0.2, 0) is 16.1 Å². The van der Waals surface area contributed by atoms with E-state index in [1.165, 1.54) is 14.2 Å². The van der Waals surface area contributed by atoms with Gasteiger partial charge in [0.2, 0.25) is 5.75 Å². The molecule has 1 aliphatic heterocycles. The van der Waals surface area contributed by atoms with Crippen molar-refractivity contribution in [3.8, 4) is 17.2 Å². The standard InChI is InChI=1S/C19H17NO5S/c1-22-14-8-13(10-16-18(21)20-19(26)25-16)9-15(23-2)17(14)24-11-12-6-4-3-5-7-12/h3-10H,11H2,1-2H3,(H,20,21,26)/b16-10-. The molecule has 7 heteroatoms. The van der Waals surface area contributed by atoms with Crippen LogP contribution in [0.2, 0.25) is 0 Å². The van der Waals surface area contributed by atoms with Crippen molar-refractivity contribution in [2.45, 2.75) is 6.61 Å². The molecule has 0 aliphatic carbocycles. The van der Waals surface area contributed by atoms with Crippen molar-refractivity contribution in [3.63, 3.8) is 0 Å². The fourth-order valence-electron chi connectivity index (χ4n) is 2.43. The molecule has 134 valence electrons. The van der Waals surface area contributed by atoms with E-state index in [0.29, 0.717) is 29.4 Å². The molecule has 0 spiro atoms. The molecule has 0 unspecified atom stereocenters. The highest BCUT2D eigenvalue weighted by molar-refractivity contribution is 7.80. The van der Waals surface area contributed by atoms with Gasteiger partial charge in [-0.05, 0) is 41.6 Å². The molecule has 1 fully saturated rings. The van der Waals surface area contributed by atoms with E-state index in [9.17, 15) is 4.79 Å². The largest absolute Gasteiger partial charge is 0.493 e. The average molecular weight is 371 g/mol. The Hall–Kier alpha value is -3.06. The number of carbonyl (C=O) groups excluding carboxylic acids is 1. The van der Waals surface area contributed by atoms with Crippen molar-refractivity contribution < 1.29 is 23.7 Å². The topological polar surface area (TPSA) is 66.0 Å². The first-order valence-corrected chi connectivity index (χ1v) is 8.19. The van der Waals surface area contributed by atoms with Crippen molar-refractivity contribution in [1.29, 1.82) is 0 Å². The van der Waals surface area contributed by atoms with E-state index in [1.807, 2.05) is 30.3 Å². The molecule has 1 amide bonds. The number of hydrogen-bond donors (Lipinski definition) is 1. The molecule has 0 atom stereocenters. The Morgan fingerprint density at radius 1 is 1.12 bits per heavy atom. The van der Waals surface area contributed by atoms with Crippen LogP contribution in [0.4, 0.5) is 0 Å². The van der Waals surface area contributed by atoms with E-state index in [2.05, 4.69) is 5.32 Å².